The van der Waals surface area contributed by atoms with Gasteiger partial charge in [0.15, 0.2) is 5.65 Å². The summed E-state index contributed by atoms with van der Waals surface area (Å²) in [5, 5.41) is 18.6. The molecule has 6 heteroatoms. The lowest BCUT2D eigenvalue weighted by atomic mass is 10.3. The second-order valence-electron chi connectivity index (χ2n) is 2.35. The van der Waals surface area contributed by atoms with E-state index in [0.29, 0.717) is 9.99 Å². The summed E-state index contributed by atoms with van der Waals surface area (Å²) >= 11 is 3.15. The number of nitrogens with zero attached hydrogens (tertiary/aromatic N) is 3. The second kappa shape index (κ2) is 2.81. The smallest absolute Gasteiger partial charge is 0.319 e. The van der Waals surface area contributed by atoms with Crippen LogP contribution < -0.4 is 0 Å². The maximum absolute atomic E-state index is 9.28. The molecule has 0 fully saturated rings. The van der Waals surface area contributed by atoms with E-state index in [-0.39, 0.29) is 11.5 Å². The fourth-order valence-electron chi connectivity index (χ4n) is 0.960. The highest BCUT2D eigenvalue weighted by Gasteiger charge is 2.06. The summed E-state index contributed by atoms with van der Waals surface area (Å²) in [5.74, 6) is -0.275. The van der Waals surface area contributed by atoms with Gasteiger partial charge in [0.2, 0.25) is 5.88 Å². The fourth-order valence-corrected chi connectivity index (χ4v) is 1.26. The molecule has 0 unspecified atom stereocenters. The van der Waals surface area contributed by atoms with Crippen molar-refractivity contribution in [3.05, 3.63) is 16.7 Å². The van der Waals surface area contributed by atoms with Gasteiger partial charge in [0.05, 0.1) is 5.39 Å². The molecule has 13 heavy (non-hydrogen) atoms. The maximum atomic E-state index is 9.28. The van der Waals surface area contributed by atoms with Gasteiger partial charge in [-0.1, -0.05) is 0 Å². The first-order valence-electron chi connectivity index (χ1n) is 3.39. The van der Waals surface area contributed by atoms with Crippen LogP contribution in [0.1, 0.15) is 0 Å². The molecule has 0 bridgehead atoms. The molecule has 0 saturated carbocycles. The lowest BCUT2D eigenvalue weighted by molar-refractivity contribution is 0.403. The Bertz CT molecular complexity index is 469. The van der Waals surface area contributed by atoms with Gasteiger partial charge in [-0.3, -0.25) is 0 Å². The van der Waals surface area contributed by atoms with Crippen molar-refractivity contribution in [3.8, 4) is 11.9 Å². The van der Waals surface area contributed by atoms with Crippen molar-refractivity contribution in [1.82, 2.24) is 15.0 Å². The molecule has 0 aliphatic rings. The Kier molecular flexibility index (Phi) is 1.77. The molecule has 0 spiro atoms. The fraction of sp³-hybridized carbons (Fsp3) is 0. The quantitative estimate of drug-likeness (QED) is 0.678. The lowest BCUT2D eigenvalue weighted by Gasteiger charge is -1.99. The van der Waals surface area contributed by atoms with E-state index in [2.05, 4.69) is 30.9 Å². The van der Waals surface area contributed by atoms with Crippen molar-refractivity contribution in [2.75, 3.05) is 0 Å². The highest BCUT2D eigenvalue weighted by atomic mass is 79.9. The van der Waals surface area contributed by atoms with E-state index >= 15 is 0 Å². The summed E-state index contributed by atoms with van der Waals surface area (Å²) in [6.45, 7) is 0. The van der Waals surface area contributed by atoms with Crippen LogP contribution in [0.2, 0.25) is 0 Å². The van der Waals surface area contributed by atoms with Gasteiger partial charge in [-0.25, -0.2) is 4.98 Å². The molecule has 0 aliphatic carbocycles. The van der Waals surface area contributed by atoms with Crippen LogP contribution in [0.3, 0.4) is 0 Å². The number of halogens is 1. The standard InChI is InChI=1S/C7H4BrN3O2/c8-4-2-1-3-5(9-4)10-7(13)11-6(3)12/h1-2H,(H2,9,10,11,12,13). The SMILES string of the molecule is Oc1nc(O)c2ccc(Br)nc2n1. The molecule has 2 N–H and O–H groups in total. The summed E-state index contributed by atoms with van der Waals surface area (Å²) in [6.07, 6.45) is 0. The van der Waals surface area contributed by atoms with Crippen LogP contribution in [0, 0.1) is 0 Å². The first-order valence-corrected chi connectivity index (χ1v) is 4.18. The molecule has 2 aromatic rings. The van der Waals surface area contributed by atoms with E-state index in [0.717, 1.165) is 0 Å². The third-order valence-corrected chi connectivity index (χ3v) is 1.94. The molecule has 0 atom stereocenters. The van der Waals surface area contributed by atoms with Crippen LogP contribution in [0.25, 0.3) is 11.0 Å². The second-order valence-corrected chi connectivity index (χ2v) is 3.16. The number of hydrogen-bond acceptors (Lipinski definition) is 5. The summed E-state index contributed by atoms with van der Waals surface area (Å²) in [4.78, 5) is 11.0. The Hall–Kier alpha value is -1.43. The molecule has 2 rings (SSSR count). The van der Waals surface area contributed by atoms with Crippen molar-refractivity contribution in [2.24, 2.45) is 0 Å². The van der Waals surface area contributed by atoms with Gasteiger partial charge in [0.25, 0.3) is 0 Å². The van der Waals surface area contributed by atoms with Gasteiger partial charge in [-0.15, -0.1) is 0 Å². The van der Waals surface area contributed by atoms with Crippen molar-refractivity contribution in [3.63, 3.8) is 0 Å². The first kappa shape index (κ1) is 8.18. The number of pyridine rings is 1. The molecule has 0 saturated heterocycles. The van der Waals surface area contributed by atoms with E-state index in [9.17, 15) is 5.11 Å². The number of aromatic hydroxyl groups is 2. The molecule has 66 valence electrons. The first-order chi connectivity index (χ1) is 6.16. The Morgan fingerprint density at radius 3 is 2.62 bits per heavy atom. The zero-order chi connectivity index (χ0) is 9.42. The summed E-state index contributed by atoms with van der Waals surface area (Å²) in [7, 11) is 0. The third-order valence-electron chi connectivity index (χ3n) is 1.49. The van der Waals surface area contributed by atoms with Gasteiger partial charge in [-0.05, 0) is 28.1 Å². The molecular formula is C7H4BrN3O2. The average molecular weight is 242 g/mol. The van der Waals surface area contributed by atoms with Crippen LogP contribution in [0.4, 0.5) is 0 Å². The van der Waals surface area contributed by atoms with Crippen molar-refractivity contribution >= 4 is 27.0 Å². The number of rotatable bonds is 0. The van der Waals surface area contributed by atoms with Crippen molar-refractivity contribution < 1.29 is 10.2 Å². The maximum Gasteiger partial charge on any atom is 0.319 e. The minimum absolute atomic E-state index is 0.249. The van der Waals surface area contributed by atoms with Crippen molar-refractivity contribution in [2.45, 2.75) is 0 Å². The van der Waals surface area contributed by atoms with Gasteiger partial charge < -0.3 is 10.2 Å². The number of fused-ring (bicyclic) bond motifs is 1. The largest absolute Gasteiger partial charge is 0.493 e. The zero-order valence-corrected chi connectivity index (χ0v) is 7.85. The average Bonchev–Trinajstić information content (AvgIpc) is 2.02. The van der Waals surface area contributed by atoms with E-state index in [1.165, 1.54) is 0 Å². The van der Waals surface area contributed by atoms with E-state index < -0.39 is 6.01 Å². The van der Waals surface area contributed by atoms with Crippen LogP contribution >= 0.6 is 15.9 Å². The number of aromatic nitrogens is 3. The van der Waals surface area contributed by atoms with E-state index in [1.54, 1.807) is 12.1 Å². The predicted octanol–water partition coefficient (Wildman–Crippen LogP) is 1.20. The van der Waals surface area contributed by atoms with Crippen molar-refractivity contribution in [1.29, 1.82) is 0 Å². The van der Waals surface area contributed by atoms with Crippen LogP contribution in [-0.2, 0) is 0 Å². The summed E-state index contributed by atoms with van der Waals surface area (Å²) in [6, 6.07) is 2.78. The minimum Gasteiger partial charge on any atom is -0.493 e. The number of hydrogen-bond donors (Lipinski definition) is 2. The van der Waals surface area contributed by atoms with E-state index in [4.69, 9.17) is 5.11 Å². The van der Waals surface area contributed by atoms with Crippen LogP contribution in [-0.4, -0.2) is 25.2 Å². The molecular weight excluding hydrogens is 238 g/mol. The molecule has 2 heterocycles. The van der Waals surface area contributed by atoms with Gasteiger partial charge in [-0.2, -0.15) is 9.97 Å². The lowest BCUT2D eigenvalue weighted by Crippen LogP contribution is -1.88. The van der Waals surface area contributed by atoms with Gasteiger partial charge in [0.1, 0.15) is 4.60 Å². The highest BCUT2D eigenvalue weighted by molar-refractivity contribution is 9.10. The summed E-state index contributed by atoms with van der Waals surface area (Å²) < 4.78 is 0.581. The van der Waals surface area contributed by atoms with Gasteiger partial charge in [0, 0.05) is 0 Å². The van der Waals surface area contributed by atoms with Crippen LogP contribution in [0.5, 0.6) is 11.9 Å². The molecule has 2 aromatic heterocycles. The Labute approximate surface area is 81.2 Å². The Morgan fingerprint density at radius 1 is 1.08 bits per heavy atom. The molecule has 0 aromatic carbocycles. The van der Waals surface area contributed by atoms with E-state index in [1.807, 2.05) is 0 Å². The zero-order valence-electron chi connectivity index (χ0n) is 6.27. The molecule has 0 aliphatic heterocycles. The summed E-state index contributed by atoms with van der Waals surface area (Å²) in [5.41, 5.74) is 0.249. The van der Waals surface area contributed by atoms with Gasteiger partial charge >= 0.3 is 6.01 Å². The molecule has 5 nitrogen and oxygen atoms in total. The molecule has 0 radical (unpaired) electrons. The Morgan fingerprint density at radius 2 is 1.85 bits per heavy atom. The highest BCUT2D eigenvalue weighted by Crippen LogP contribution is 2.22. The topological polar surface area (TPSA) is 79.1 Å². The molecule has 0 amide bonds. The normalized spacial score (nSPS) is 10.5. The minimum atomic E-state index is -0.490. The monoisotopic (exact) mass is 241 g/mol. The third kappa shape index (κ3) is 1.40. The van der Waals surface area contributed by atoms with Crippen LogP contribution in [0.15, 0.2) is 16.7 Å². The predicted molar refractivity (Wildman–Crippen MR) is 48.4 cm³/mol. The Balaban J connectivity index is 2.86.